The Kier molecular flexibility index (Phi) is 3.56. The van der Waals surface area contributed by atoms with Crippen LogP contribution in [0.4, 0.5) is 5.82 Å². The van der Waals surface area contributed by atoms with E-state index in [1.807, 2.05) is 6.92 Å². The molecular weight excluding hydrogens is 306 g/mol. The number of aliphatic hydroxyl groups excluding tert-OH is 1. The third-order valence-corrected chi connectivity index (χ3v) is 6.65. The number of aliphatic hydroxyl groups is 1. The van der Waals surface area contributed by atoms with Crippen LogP contribution in [-0.4, -0.2) is 27.0 Å². The Hall–Kier alpha value is -1.69. The molecule has 0 amide bonds. The van der Waals surface area contributed by atoms with Crippen molar-refractivity contribution in [2.75, 3.05) is 6.61 Å². The minimum atomic E-state index is -0.352. The fraction of sp³-hybridized carbons (Fsp3) is 0.722. The molecule has 1 aliphatic heterocycles. The van der Waals surface area contributed by atoms with Crippen molar-refractivity contribution in [1.29, 1.82) is 0 Å². The van der Waals surface area contributed by atoms with Crippen LogP contribution in [0.3, 0.4) is 0 Å². The smallest absolute Gasteiger partial charge is 0.329 e. The second-order valence-corrected chi connectivity index (χ2v) is 7.89. The summed E-state index contributed by atoms with van der Waals surface area (Å²) >= 11 is 0. The summed E-state index contributed by atoms with van der Waals surface area (Å²) in [5, 5.41) is 9.69. The van der Waals surface area contributed by atoms with Crippen LogP contribution in [0.2, 0.25) is 0 Å². The Morgan fingerprint density at radius 3 is 2.42 bits per heavy atom. The number of aromatic nitrogens is 2. The van der Waals surface area contributed by atoms with Gasteiger partial charge >= 0.3 is 5.69 Å². The van der Waals surface area contributed by atoms with E-state index in [4.69, 9.17) is 4.99 Å². The van der Waals surface area contributed by atoms with E-state index in [2.05, 4.69) is 4.98 Å². The molecule has 0 spiro atoms. The van der Waals surface area contributed by atoms with Gasteiger partial charge in [0.25, 0.3) is 5.56 Å². The maximum atomic E-state index is 12.6. The highest BCUT2D eigenvalue weighted by Gasteiger charge is 2.51. The van der Waals surface area contributed by atoms with Crippen LogP contribution >= 0.6 is 0 Å². The van der Waals surface area contributed by atoms with Crippen molar-refractivity contribution in [2.24, 2.45) is 15.8 Å². The predicted molar refractivity (Wildman–Crippen MR) is 92.1 cm³/mol. The maximum absolute atomic E-state index is 12.6. The largest absolute Gasteiger partial charge is 0.396 e. The Labute approximate surface area is 140 Å². The summed E-state index contributed by atoms with van der Waals surface area (Å²) in [7, 11) is 0. The molecule has 3 aliphatic carbocycles. The summed E-state index contributed by atoms with van der Waals surface area (Å²) in [5.41, 5.74) is 1.38. The highest BCUT2D eigenvalue weighted by molar-refractivity contribution is 5.97. The van der Waals surface area contributed by atoms with Gasteiger partial charge in [-0.15, -0.1) is 0 Å². The van der Waals surface area contributed by atoms with Crippen LogP contribution in [0.5, 0.6) is 0 Å². The molecule has 3 saturated carbocycles. The fourth-order valence-electron chi connectivity index (χ4n) is 4.86. The van der Waals surface area contributed by atoms with Crippen LogP contribution < -0.4 is 11.2 Å². The van der Waals surface area contributed by atoms with Gasteiger partial charge in [0.05, 0.1) is 5.56 Å². The minimum Gasteiger partial charge on any atom is -0.396 e. The first-order valence-electron chi connectivity index (χ1n) is 9.07. The summed E-state index contributed by atoms with van der Waals surface area (Å²) in [5.74, 6) is 0.478. The molecule has 130 valence electrons. The lowest BCUT2D eigenvalue weighted by Crippen LogP contribution is -2.47. The maximum Gasteiger partial charge on any atom is 0.329 e. The third kappa shape index (κ3) is 2.15. The van der Waals surface area contributed by atoms with Crippen LogP contribution in [0.15, 0.2) is 14.6 Å². The molecule has 24 heavy (non-hydrogen) atoms. The Balaban J connectivity index is 1.67. The van der Waals surface area contributed by atoms with Gasteiger partial charge < -0.3 is 5.11 Å². The number of H-pyrrole nitrogens is 1. The molecule has 5 rings (SSSR count). The molecule has 4 aliphatic rings. The lowest BCUT2D eigenvalue weighted by molar-refractivity contribution is -0.0123. The molecule has 0 atom stereocenters. The van der Waals surface area contributed by atoms with Crippen molar-refractivity contribution in [3.63, 3.8) is 0 Å². The first-order chi connectivity index (χ1) is 11.5. The zero-order valence-corrected chi connectivity index (χ0v) is 14.2. The van der Waals surface area contributed by atoms with Gasteiger partial charge in [0.1, 0.15) is 5.82 Å². The first kappa shape index (κ1) is 15.8. The average molecular weight is 331 g/mol. The molecular formula is C18H25N3O3. The van der Waals surface area contributed by atoms with Crippen molar-refractivity contribution < 1.29 is 5.11 Å². The van der Waals surface area contributed by atoms with E-state index < -0.39 is 0 Å². The monoisotopic (exact) mass is 331 g/mol. The summed E-state index contributed by atoms with van der Waals surface area (Å²) in [4.78, 5) is 32.3. The second kappa shape index (κ2) is 5.41. The summed E-state index contributed by atoms with van der Waals surface area (Å²) in [6, 6.07) is 0. The van der Waals surface area contributed by atoms with Gasteiger partial charge in [-0.2, -0.15) is 0 Å². The van der Waals surface area contributed by atoms with Crippen molar-refractivity contribution in [3.05, 3.63) is 26.4 Å². The second-order valence-electron chi connectivity index (χ2n) is 7.89. The van der Waals surface area contributed by atoms with Crippen molar-refractivity contribution in [3.8, 4) is 0 Å². The number of hydrogen-bond donors (Lipinski definition) is 2. The minimum absolute atomic E-state index is 0.0643. The fourth-order valence-corrected chi connectivity index (χ4v) is 4.86. The number of hydrogen-bond acceptors (Lipinski definition) is 4. The standard InChI is InChI=1S/C18H25N3O3/c1-2-9-21-15(23)12-10-13(19-14(12)20-16(21)24)18-6-3-17(11-22,4-7-18)5-8-18/h22H,2-11H2,1H3,(H,20,24). The van der Waals surface area contributed by atoms with E-state index in [1.165, 1.54) is 4.57 Å². The summed E-state index contributed by atoms with van der Waals surface area (Å²) in [6.07, 6.45) is 7.54. The van der Waals surface area contributed by atoms with Crippen molar-refractivity contribution >= 4 is 11.5 Å². The van der Waals surface area contributed by atoms with Crippen LogP contribution in [0.25, 0.3) is 0 Å². The normalized spacial score (nSPS) is 31.2. The summed E-state index contributed by atoms with van der Waals surface area (Å²) < 4.78 is 1.30. The number of aliphatic imine (C=N–C) groups is 1. The van der Waals surface area contributed by atoms with E-state index in [0.29, 0.717) is 24.3 Å². The molecule has 1 aromatic heterocycles. The topological polar surface area (TPSA) is 87.5 Å². The molecule has 2 bridgehead atoms. The number of fused-ring (bicyclic) bond motifs is 4. The van der Waals surface area contributed by atoms with Gasteiger partial charge in [-0.1, -0.05) is 6.92 Å². The van der Waals surface area contributed by atoms with Crippen LogP contribution in [0, 0.1) is 10.8 Å². The van der Waals surface area contributed by atoms with E-state index in [9.17, 15) is 14.7 Å². The zero-order chi connectivity index (χ0) is 16.9. The molecule has 0 aromatic carbocycles. The average Bonchev–Trinajstić information content (AvgIpc) is 3.05. The number of aromatic amines is 1. The molecule has 3 fully saturated rings. The molecule has 0 unspecified atom stereocenters. The molecule has 0 radical (unpaired) electrons. The van der Waals surface area contributed by atoms with Crippen LogP contribution in [-0.2, 0) is 13.0 Å². The molecule has 2 heterocycles. The van der Waals surface area contributed by atoms with Crippen molar-refractivity contribution in [2.45, 2.75) is 64.8 Å². The van der Waals surface area contributed by atoms with Gasteiger partial charge in [0.2, 0.25) is 0 Å². The highest BCUT2D eigenvalue weighted by Crippen LogP contribution is 2.58. The lowest BCUT2D eigenvalue weighted by atomic mass is 9.52. The highest BCUT2D eigenvalue weighted by atomic mass is 16.3. The molecule has 6 heteroatoms. The Morgan fingerprint density at radius 1 is 1.17 bits per heavy atom. The Morgan fingerprint density at radius 2 is 1.83 bits per heavy atom. The number of nitrogens with one attached hydrogen (secondary N) is 1. The van der Waals surface area contributed by atoms with Gasteiger partial charge in [0, 0.05) is 30.7 Å². The quantitative estimate of drug-likeness (QED) is 0.883. The SMILES string of the molecule is CCCn1c(=O)[nH]c2c(c1=O)CC(C13CCC(CO)(CC1)CC3)=N2. The molecule has 2 N–H and O–H groups in total. The van der Waals surface area contributed by atoms with Gasteiger partial charge in [-0.3, -0.25) is 14.3 Å². The van der Waals surface area contributed by atoms with E-state index in [1.54, 1.807) is 0 Å². The van der Waals surface area contributed by atoms with Crippen LogP contribution in [0.1, 0.15) is 57.4 Å². The predicted octanol–water partition coefficient (Wildman–Crippen LogP) is 1.91. The van der Waals surface area contributed by atoms with Crippen molar-refractivity contribution in [1.82, 2.24) is 9.55 Å². The lowest BCUT2D eigenvalue weighted by Gasteiger charge is -2.53. The zero-order valence-electron chi connectivity index (χ0n) is 14.2. The molecule has 1 aromatic rings. The first-order valence-corrected chi connectivity index (χ1v) is 9.07. The molecule has 0 saturated heterocycles. The number of rotatable bonds is 4. The van der Waals surface area contributed by atoms with Gasteiger partial charge in [0.15, 0.2) is 0 Å². The van der Waals surface area contributed by atoms with E-state index >= 15 is 0 Å². The van der Waals surface area contributed by atoms with E-state index in [-0.39, 0.29) is 28.7 Å². The molecule has 6 nitrogen and oxygen atoms in total. The van der Waals surface area contributed by atoms with E-state index in [0.717, 1.165) is 50.7 Å². The summed E-state index contributed by atoms with van der Waals surface area (Å²) in [6.45, 7) is 2.68. The van der Waals surface area contributed by atoms with Gasteiger partial charge in [-0.05, 0) is 50.4 Å². The number of nitrogens with zero attached hydrogens (tertiary/aromatic N) is 2. The third-order valence-electron chi connectivity index (χ3n) is 6.65. The Bertz CT molecular complexity index is 793. The van der Waals surface area contributed by atoms with Gasteiger partial charge in [-0.25, -0.2) is 9.79 Å².